The molecule has 0 spiro atoms. The molecule has 0 aliphatic rings. The van der Waals surface area contributed by atoms with Gasteiger partial charge in [0.25, 0.3) is 0 Å². The van der Waals surface area contributed by atoms with Crippen molar-refractivity contribution in [2.24, 2.45) is 0 Å². The third-order valence-corrected chi connectivity index (χ3v) is 2.99. The average Bonchev–Trinajstić information content (AvgIpc) is 2.42. The Kier molecular flexibility index (Phi) is 2.76. The first-order valence-electron chi connectivity index (χ1n) is 5.98. The van der Waals surface area contributed by atoms with Gasteiger partial charge in [0.05, 0.1) is 11.0 Å². The van der Waals surface area contributed by atoms with Gasteiger partial charge in [0.1, 0.15) is 6.54 Å². The van der Waals surface area contributed by atoms with E-state index in [2.05, 4.69) is 10.3 Å². The highest BCUT2D eigenvalue weighted by Gasteiger charge is 2.05. The Hall–Kier alpha value is -2.62. The average molecular weight is 252 g/mol. The summed E-state index contributed by atoms with van der Waals surface area (Å²) in [4.78, 5) is 15.2. The van der Waals surface area contributed by atoms with Crippen molar-refractivity contribution < 1.29 is 9.90 Å². The number of carboxylic acid groups (broad SMARTS) is 1. The lowest BCUT2D eigenvalue weighted by Gasteiger charge is -2.08. The lowest BCUT2D eigenvalue weighted by atomic mass is 10.1. The number of fused-ring (bicyclic) bond motifs is 2. The number of carboxylic acids is 1. The number of benzene rings is 2. The van der Waals surface area contributed by atoms with Crippen molar-refractivity contribution in [3.8, 4) is 0 Å². The minimum Gasteiger partial charge on any atom is -0.480 e. The summed E-state index contributed by atoms with van der Waals surface area (Å²) >= 11 is 0. The molecule has 0 unspecified atom stereocenters. The molecule has 1 aromatic heterocycles. The Balaban J connectivity index is 2.17. The molecule has 94 valence electrons. The van der Waals surface area contributed by atoms with Gasteiger partial charge in [0.2, 0.25) is 0 Å². The zero-order chi connectivity index (χ0) is 13.2. The van der Waals surface area contributed by atoms with Crippen LogP contribution in [0, 0.1) is 0 Å². The van der Waals surface area contributed by atoms with Crippen molar-refractivity contribution in [3.05, 3.63) is 48.5 Å². The van der Waals surface area contributed by atoms with Crippen LogP contribution in [0.1, 0.15) is 0 Å². The van der Waals surface area contributed by atoms with E-state index in [1.807, 2.05) is 48.5 Å². The Morgan fingerprint density at radius 3 is 2.74 bits per heavy atom. The minimum atomic E-state index is -0.884. The maximum absolute atomic E-state index is 10.6. The first-order valence-corrected chi connectivity index (χ1v) is 5.98. The maximum atomic E-state index is 10.6. The van der Waals surface area contributed by atoms with Crippen LogP contribution in [0.3, 0.4) is 0 Å². The highest BCUT2D eigenvalue weighted by molar-refractivity contribution is 5.99. The van der Waals surface area contributed by atoms with Crippen LogP contribution in [0.25, 0.3) is 21.8 Å². The molecule has 0 saturated heterocycles. The molecule has 19 heavy (non-hydrogen) atoms. The first kappa shape index (κ1) is 11.5. The van der Waals surface area contributed by atoms with Gasteiger partial charge in [-0.15, -0.1) is 0 Å². The Morgan fingerprint density at radius 2 is 1.89 bits per heavy atom. The molecule has 3 aromatic rings. The molecular weight excluding hydrogens is 240 g/mol. The number of hydrogen-bond donors (Lipinski definition) is 2. The molecule has 0 bridgehead atoms. The second-order valence-corrected chi connectivity index (χ2v) is 4.30. The van der Waals surface area contributed by atoms with Crippen molar-refractivity contribution in [2.75, 3.05) is 11.9 Å². The second-order valence-electron chi connectivity index (χ2n) is 4.30. The monoisotopic (exact) mass is 252 g/mol. The quantitative estimate of drug-likeness (QED) is 0.703. The predicted molar refractivity (Wildman–Crippen MR) is 75.4 cm³/mol. The molecular formula is C15H12N2O2. The number of para-hydroxylation sites is 1. The fourth-order valence-corrected chi connectivity index (χ4v) is 2.12. The van der Waals surface area contributed by atoms with Gasteiger partial charge in [-0.25, -0.2) is 4.98 Å². The van der Waals surface area contributed by atoms with Crippen LogP contribution >= 0.6 is 0 Å². The van der Waals surface area contributed by atoms with Crippen molar-refractivity contribution in [2.45, 2.75) is 0 Å². The summed E-state index contributed by atoms with van der Waals surface area (Å²) < 4.78 is 0. The van der Waals surface area contributed by atoms with Gasteiger partial charge in [0, 0.05) is 16.5 Å². The number of hydrogen-bond acceptors (Lipinski definition) is 3. The lowest BCUT2D eigenvalue weighted by molar-refractivity contribution is -0.134. The zero-order valence-electron chi connectivity index (χ0n) is 10.1. The second kappa shape index (κ2) is 4.57. The van der Waals surface area contributed by atoms with E-state index < -0.39 is 5.97 Å². The SMILES string of the molecule is O=C(O)CNc1cccc2nc3ccccc3cc12. The number of aromatic nitrogens is 1. The van der Waals surface area contributed by atoms with E-state index in [-0.39, 0.29) is 6.54 Å². The van der Waals surface area contributed by atoms with Crippen LogP contribution in [0.15, 0.2) is 48.5 Å². The van der Waals surface area contributed by atoms with E-state index >= 15 is 0 Å². The topological polar surface area (TPSA) is 62.2 Å². The van der Waals surface area contributed by atoms with E-state index in [9.17, 15) is 4.79 Å². The van der Waals surface area contributed by atoms with Crippen LogP contribution in [-0.2, 0) is 4.79 Å². The fraction of sp³-hybridized carbons (Fsp3) is 0.0667. The van der Waals surface area contributed by atoms with E-state index in [0.29, 0.717) is 0 Å². The van der Waals surface area contributed by atoms with Crippen molar-refractivity contribution in [1.29, 1.82) is 0 Å². The number of nitrogens with one attached hydrogen (secondary N) is 1. The number of nitrogens with zero attached hydrogens (tertiary/aromatic N) is 1. The van der Waals surface area contributed by atoms with Crippen LogP contribution in [-0.4, -0.2) is 22.6 Å². The molecule has 1 heterocycles. The first-order chi connectivity index (χ1) is 9.24. The predicted octanol–water partition coefficient (Wildman–Crippen LogP) is 2.88. The zero-order valence-corrected chi connectivity index (χ0v) is 10.1. The molecule has 0 amide bonds. The van der Waals surface area contributed by atoms with Gasteiger partial charge in [0.15, 0.2) is 0 Å². The smallest absolute Gasteiger partial charge is 0.322 e. The highest BCUT2D eigenvalue weighted by Crippen LogP contribution is 2.25. The number of rotatable bonds is 3. The van der Waals surface area contributed by atoms with E-state index in [4.69, 9.17) is 5.11 Å². The van der Waals surface area contributed by atoms with Gasteiger partial charge in [-0.05, 0) is 24.3 Å². The van der Waals surface area contributed by atoms with Crippen LogP contribution in [0.5, 0.6) is 0 Å². The summed E-state index contributed by atoms with van der Waals surface area (Å²) in [5.74, 6) is -0.884. The molecule has 0 aliphatic carbocycles. The summed E-state index contributed by atoms with van der Waals surface area (Å²) in [6, 6.07) is 15.6. The molecule has 3 rings (SSSR count). The summed E-state index contributed by atoms with van der Waals surface area (Å²) in [5.41, 5.74) is 2.58. The third kappa shape index (κ3) is 2.20. The molecule has 4 heteroatoms. The van der Waals surface area contributed by atoms with Gasteiger partial charge >= 0.3 is 5.97 Å². The maximum Gasteiger partial charge on any atom is 0.322 e. The van der Waals surface area contributed by atoms with E-state index in [1.165, 1.54) is 0 Å². The Labute approximate surface area is 109 Å². The van der Waals surface area contributed by atoms with E-state index in [1.54, 1.807) is 0 Å². The molecule has 2 aromatic carbocycles. The normalized spacial score (nSPS) is 10.7. The van der Waals surface area contributed by atoms with Gasteiger partial charge in [-0.2, -0.15) is 0 Å². The highest BCUT2D eigenvalue weighted by atomic mass is 16.4. The van der Waals surface area contributed by atoms with Gasteiger partial charge in [-0.3, -0.25) is 4.79 Å². The number of carbonyl (C=O) groups is 1. The van der Waals surface area contributed by atoms with Gasteiger partial charge in [-0.1, -0.05) is 24.3 Å². The number of aliphatic carboxylic acids is 1. The standard InChI is InChI=1S/C15H12N2O2/c18-15(19)9-16-13-6-3-7-14-11(13)8-10-4-1-2-5-12(10)17-14/h1-8,16H,9H2,(H,18,19). The van der Waals surface area contributed by atoms with Crippen LogP contribution < -0.4 is 5.32 Å². The summed E-state index contributed by atoms with van der Waals surface area (Å²) in [6.07, 6.45) is 0. The Morgan fingerprint density at radius 1 is 1.11 bits per heavy atom. The third-order valence-electron chi connectivity index (χ3n) is 2.99. The molecule has 0 saturated carbocycles. The molecule has 0 radical (unpaired) electrons. The van der Waals surface area contributed by atoms with Gasteiger partial charge < -0.3 is 10.4 Å². The summed E-state index contributed by atoms with van der Waals surface area (Å²) in [5, 5.41) is 13.6. The Bertz CT molecular complexity index is 768. The van der Waals surface area contributed by atoms with E-state index in [0.717, 1.165) is 27.5 Å². The molecule has 0 atom stereocenters. The molecule has 2 N–H and O–H groups in total. The number of anilines is 1. The van der Waals surface area contributed by atoms with Crippen molar-refractivity contribution in [3.63, 3.8) is 0 Å². The molecule has 0 aliphatic heterocycles. The lowest BCUT2D eigenvalue weighted by Crippen LogP contribution is -2.12. The summed E-state index contributed by atoms with van der Waals surface area (Å²) in [6.45, 7) is -0.105. The number of pyridine rings is 1. The molecule has 0 fully saturated rings. The molecule has 4 nitrogen and oxygen atoms in total. The van der Waals surface area contributed by atoms with Crippen molar-refractivity contribution in [1.82, 2.24) is 4.98 Å². The van der Waals surface area contributed by atoms with Crippen LogP contribution in [0.4, 0.5) is 5.69 Å². The van der Waals surface area contributed by atoms with Crippen LogP contribution in [0.2, 0.25) is 0 Å². The fourth-order valence-electron chi connectivity index (χ4n) is 2.12. The minimum absolute atomic E-state index is 0.105. The largest absolute Gasteiger partial charge is 0.480 e. The summed E-state index contributed by atoms with van der Waals surface area (Å²) in [7, 11) is 0. The van der Waals surface area contributed by atoms with Crippen molar-refractivity contribution >= 4 is 33.5 Å².